The second-order valence-corrected chi connectivity index (χ2v) is 8.31. The highest BCUT2D eigenvalue weighted by Crippen LogP contribution is 2.14. The number of hydrogen-bond acceptors (Lipinski definition) is 4. The van der Waals surface area contributed by atoms with E-state index in [4.69, 9.17) is 0 Å². The number of nitrogens with one attached hydrogen (secondary N) is 2. The third-order valence-electron chi connectivity index (χ3n) is 3.46. The van der Waals surface area contributed by atoms with E-state index in [0.29, 0.717) is 13.1 Å². The fourth-order valence-electron chi connectivity index (χ4n) is 2.11. The molecule has 0 fully saturated rings. The van der Waals surface area contributed by atoms with Crippen LogP contribution in [0.1, 0.15) is 31.9 Å². The standard InChI is InChI=1S/C16H24N4O2S/c1-16(2,3)20-12-14(11-19-20)10-18-9-13-6-5-7-15(8-13)23(21,22)17-4/h5-8,11-12,17-18H,9-10H2,1-4H3. The zero-order valence-electron chi connectivity index (χ0n) is 14.0. The van der Waals surface area contributed by atoms with Crippen LogP contribution in [0.25, 0.3) is 0 Å². The van der Waals surface area contributed by atoms with Gasteiger partial charge in [0.15, 0.2) is 0 Å². The highest BCUT2D eigenvalue weighted by Gasteiger charge is 2.14. The molecule has 1 heterocycles. The van der Waals surface area contributed by atoms with Gasteiger partial charge in [0.05, 0.1) is 16.6 Å². The van der Waals surface area contributed by atoms with Crippen LogP contribution >= 0.6 is 0 Å². The maximum atomic E-state index is 11.8. The average molecular weight is 336 g/mol. The van der Waals surface area contributed by atoms with Crippen molar-refractivity contribution in [3.8, 4) is 0 Å². The number of nitrogens with zero attached hydrogens (tertiary/aromatic N) is 2. The molecule has 6 nitrogen and oxygen atoms in total. The molecule has 2 N–H and O–H groups in total. The molecule has 1 aromatic carbocycles. The molecule has 0 amide bonds. The Morgan fingerprint density at radius 2 is 1.87 bits per heavy atom. The second kappa shape index (κ2) is 6.82. The molecule has 0 bridgehead atoms. The summed E-state index contributed by atoms with van der Waals surface area (Å²) in [5.74, 6) is 0. The third-order valence-corrected chi connectivity index (χ3v) is 4.87. The molecule has 0 saturated heterocycles. The smallest absolute Gasteiger partial charge is 0.240 e. The van der Waals surface area contributed by atoms with E-state index in [0.717, 1.165) is 11.1 Å². The first-order valence-corrected chi connectivity index (χ1v) is 8.98. The van der Waals surface area contributed by atoms with Gasteiger partial charge in [-0.15, -0.1) is 0 Å². The normalized spacial score (nSPS) is 12.5. The number of hydrogen-bond donors (Lipinski definition) is 2. The fourth-order valence-corrected chi connectivity index (χ4v) is 2.91. The van der Waals surface area contributed by atoms with Crippen LogP contribution in [0.3, 0.4) is 0 Å². The van der Waals surface area contributed by atoms with Crippen molar-refractivity contribution in [1.82, 2.24) is 19.8 Å². The van der Waals surface area contributed by atoms with Gasteiger partial charge in [0.1, 0.15) is 0 Å². The first-order valence-electron chi connectivity index (χ1n) is 7.49. The Hall–Kier alpha value is -1.70. The molecule has 0 saturated carbocycles. The van der Waals surface area contributed by atoms with Crippen LogP contribution in [0.5, 0.6) is 0 Å². The highest BCUT2D eigenvalue weighted by molar-refractivity contribution is 7.89. The van der Waals surface area contributed by atoms with Crippen LogP contribution in [0.4, 0.5) is 0 Å². The summed E-state index contributed by atoms with van der Waals surface area (Å²) in [6, 6.07) is 6.92. The van der Waals surface area contributed by atoms with Crippen molar-refractivity contribution in [3.05, 3.63) is 47.8 Å². The lowest BCUT2D eigenvalue weighted by molar-refractivity contribution is 0.355. The molecule has 0 unspecified atom stereocenters. The summed E-state index contributed by atoms with van der Waals surface area (Å²) in [4.78, 5) is 0.278. The topological polar surface area (TPSA) is 76.0 Å². The van der Waals surface area contributed by atoms with E-state index >= 15 is 0 Å². The van der Waals surface area contributed by atoms with Gasteiger partial charge in [0, 0.05) is 24.8 Å². The van der Waals surface area contributed by atoms with Crippen molar-refractivity contribution in [2.45, 2.75) is 44.3 Å². The zero-order chi connectivity index (χ0) is 17.1. The van der Waals surface area contributed by atoms with E-state index in [9.17, 15) is 8.42 Å². The van der Waals surface area contributed by atoms with Gasteiger partial charge in [-0.2, -0.15) is 5.10 Å². The lowest BCUT2D eigenvalue weighted by Gasteiger charge is -2.18. The number of benzene rings is 1. The lowest BCUT2D eigenvalue weighted by Crippen LogP contribution is -2.22. The maximum Gasteiger partial charge on any atom is 0.240 e. The highest BCUT2D eigenvalue weighted by atomic mass is 32.2. The Balaban J connectivity index is 1.97. The Labute approximate surface area is 138 Å². The number of sulfonamides is 1. The lowest BCUT2D eigenvalue weighted by atomic mass is 10.1. The Bertz CT molecular complexity index is 760. The minimum atomic E-state index is -3.40. The van der Waals surface area contributed by atoms with Crippen molar-refractivity contribution in [2.75, 3.05) is 7.05 Å². The van der Waals surface area contributed by atoms with Gasteiger partial charge in [-0.25, -0.2) is 13.1 Å². The van der Waals surface area contributed by atoms with Gasteiger partial charge in [0.2, 0.25) is 10.0 Å². The molecule has 0 spiro atoms. The molecule has 2 rings (SSSR count). The molecule has 2 aromatic rings. The van der Waals surface area contributed by atoms with E-state index in [2.05, 4.69) is 35.9 Å². The summed E-state index contributed by atoms with van der Waals surface area (Å²) in [5, 5.41) is 7.67. The van der Waals surface area contributed by atoms with E-state index in [1.54, 1.807) is 18.2 Å². The predicted molar refractivity (Wildman–Crippen MR) is 90.5 cm³/mol. The number of rotatable bonds is 6. The quantitative estimate of drug-likeness (QED) is 0.844. The van der Waals surface area contributed by atoms with Crippen LogP contribution in [0.15, 0.2) is 41.6 Å². The van der Waals surface area contributed by atoms with Gasteiger partial charge >= 0.3 is 0 Å². The van der Waals surface area contributed by atoms with Crippen LogP contribution < -0.4 is 10.0 Å². The number of aromatic nitrogens is 2. The van der Waals surface area contributed by atoms with Crippen molar-refractivity contribution in [1.29, 1.82) is 0 Å². The Morgan fingerprint density at radius 1 is 1.17 bits per heavy atom. The molecule has 0 aliphatic rings. The van der Waals surface area contributed by atoms with Crippen molar-refractivity contribution < 1.29 is 8.42 Å². The summed E-state index contributed by atoms with van der Waals surface area (Å²) in [6.45, 7) is 7.58. The van der Waals surface area contributed by atoms with Crippen molar-refractivity contribution in [3.63, 3.8) is 0 Å². The molecule has 0 atom stereocenters. The van der Waals surface area contributed by atoms with Crippen molar-refractivity contribution >= 4 is 10.0 Å². The Kier molecular flexibility index (Phi) is 5.23. The van der Waals surface area contributed by atoms with Crippen LogP contribution in [-0.4, -0.2) is 25.2 Å². The zero-order valence-corrected chi connectivity index (χ0v) is 14.8. The fraction of sp³-hybridized carbons (Fsp3) is 0.438. The molecule has 1 aromatic heterocycles. The van der Waals surface area contributed by atoms with E-state index < -0.39 is 10.0 Å². The SMILES string of the molecule is CNS(=O)(=O)c1cccc(CNCc2cnn(C(C)(C)C)c2)c1. The third kappa shape index (κ3) is 4.63. The van der Waals surface area contributed by atoms with Crippen LogP contribution in [0.2, 0.25) is 0 Å². The molecule has 7 heteroatoms. The summed E-state index contributed by atoms with van der Waals surface area (Å²) < 4.78 is 27.9. The van der Waals surface area contributed by atoms with Crippen LogP contribution in [-0.2, 0) is 28.7 Å². The largest absolute Gasteiger partial charge is 0.309 e. The van der Waals surface area contributed by atoms with Gasteiger partial charge in [-0.1, -0.05) is 12.1 Å². The van der Waals surface area contributed by atoms with Gasteiger partial charge in [0.25, 0.3) is 0 Å². The summed E-state index contributed by atoms with van der Waals surface area (Å²) in [7, 11) is -1.99. The summed E-state index contributed by atoms with van der Waals surface area (Å²) in [6.07, 6.45) is 3.87. The molecule has 0 aliphatic carbocycles. The second-order valence-electron chi connectivity index (χ2n) is 6.42. The monoisotopic (exact) mass is 336 g/mol. The molecular formula is C16H24N4O2S. The first-order chi connectivity index (χ1) is 10.7. The van der Waals surface area contributed by atoms with E-state index in [1.165, 1.54) is 7.05 Å². The first kappa shape index (κ1) is 17.7. The van der Waals surface area contributed by atoms with Gasteiger partial charge in [-0.3, -0.25) is 4.68 Å². The molecule has 23 heavy (non-hydrogen) atoms. The summed E-state index contributed by atoms with van der Waals surface area (Å²) in [5.41, 5.74) is 1.98. The van der Waals surface area contributed by atoms with Gasteiger partial charge < -0.3 is 5.32 Å². The summed E-state index contributed by atoms with van der Waals surface area (Å²) >= 11 is 0. The molecule has 0 aliphatic heterocycles. The average Bonchev–Trinajstić information content (AvgIpc) is 2.97. The van der Waals surface area contributed by atoms with E-state index in [-0.39, 0.29) is 10.4 Å². The maximum absolute atomic E-state index is 11.8. The van der Waals surface area contributed by atoms with Gasteiger partial charge in [-0.05, 0) is 45.5 Å². The molecule has 0 radical (unpaired) electrons. The van der Waals surface area contributed by atoms with Crippen molar-refractivity contribution in [2.24, 2.45) is 0 Å². The van der Waals surface area contributed by atoms with E-state index in [1.807, 2.05) is 23.1 Å². The Morgan fingerprint density at radius 3 is 2.48 bits per heavy atom. The molecule has 126 valence electrons. The minimum Gasteiger partial charge on any atom is -0.309 e. The molecular weight excluding hydrogens is 312 g/mol. The predicted octanol–water partition coefficient (Wildman–Crippen LogP) is 1.84. The van der Waals surface area contributed by atoms with Crippen LogP contribution in [0, 0.1) is 0 Å². The minimum absolute atomic E-state index is 0.0336.